The number of hydrazone groups is 1. The van der Waals surface area contributed by atoms with E-state index in [0.717, 1.165) is 27.6 Å². The number of benzene rings is 4. The van der Waals surface area contributed by atoms with Gasteiger partial charge in [0, 0.05) is 27.9 Å². The second-order valence-corrected chi connectivity index (χ2v) is 10.9. The van der Waals surface area contributed by atoms with E-state index in [1.165, 1.54) is 23.1 Å². The third-order valence-electron chi connectivity index (χ3n) is 6.00. The Kier molecular flexibility index (Phi) is 9.37. The number of anilines is 3. The van der Waals surface area contributed by atoms with Crippen LogP contribution in [-0.2, 0) is 4.79 Å². The summed E-state index contributed by atoms with van der Waals surface area (Å²) in [6, 6.07) is 29.8. The van der Waals surface area contributed by atoms with Crippen LogP contribution in [0.2, 0.25) is 0 Å². The van der Waals surface area contributed by atoms with Gasteiger partial charge in [0.1, 0.15) is 5.75 Å². The van der Waals surface area contributed by atoms with Crippen LogP contribution in [0.4, 0.5) is 16.5 Å². The normalized spacial score (nSPS) is 10.8. The first-order valence-electron chi connectivity index (χ1n) is 12.9. The van der Waals surface area contributed by atoms with Gasteiger partial charge < -0.3 is 15.4 Å². The van der Waals surface area contributed by atoms with Gasteiger partial charge >= 0.3 is 0 Å². The third-order valence-corrected chi connectivity index (χ3v) is 7.38. The Balaban J connectivity index is 1.11. The summed E-state index contributed by atoms with van der Waals surface area (Å²) in [5.41, 5.74) is 8.38. The Labute approximate surface area is 255 Å². The van der Waals surface area contributed by atoms with Crippen molar-refractivity contribution in [2.45, 2.75) is 6.92 Å². The minimum absolute atomic E-state index is 0.135. The number of carbonyl (C=O) groups excluding carboxylic acids is 2. The van der Waals surface area contributed by atoms with Gasteiger partial charge in [0.2, 0.25) is 0 Å². The highest BCUT2D eigenvalue weighted by Crippen LogP contribution is 2.28. The first-order chi connectivity index (χ1) is 20.4. The number of halogens is 1. The number of para-hydroxylation sites is 1. The van der Waals surface area contributed by atoms with Gasteiger partial charge in [0.15, 0.2) is 11.7 Å². The van der Waals surface area contributed by atoms with Gasteiger partial charge in [-0.1, -0.05) is 48.0 Å². The van der Waals surface area contributed by atoms with E-state index in [9.17, 15) is 9.59 Å². The fourth-order valence-electron chi connectivity index (χ4n) is 3.82. The number of carbonyl (C=O) groups is 2. The number of rotatable bonds is 10. The van der Waals surface area contributed by atoms with Crippen molar-refractivity contribution in [3.8, 4) is 17.0 Å². The fraction of sp³-hybridized carbons (Fsp3) is 0.0625. The van der Waals surface area contributed by atoms with Crippen LogP contribution in [-0.4, -0.2) is 29.6 Å². The van der Waals surface area contributed by atoms with Crippen molar-refractivity contribution in [1.82, 2.24) is 10.4 Å². The Morgan fingerprint density at radius 1 is 0.952 bits per heavy atom. The molecule has 0 radical (unpaired) electrons. The van der Waals surface area contributed by atoms with Gasteiger partial charge in [0.05, 0.1) is 16.4 Å². The number of ether oxygens (including phenoxy) is 1. The molecule has 8 nitrogen and oxygen atoms in total. The lowest BCUT2D eigenvalue weighted by molar-refractivity contribution is -0.118. The van der Waals surface area contributed by atoms with E-state index < -0.39 is 0 Å². The molecule has 0 fully saturated rings. The summed E-state index contributed by atoms with van der Waals surface area (Å²) in [5.74, 6) is -0.0835. The van der Waals surface area contributed by atoms with Crippen molar-refractivity contribution in [1.29, 1.82) is 0 Å². The number of thiazole rings is 1. The van der Waals surface area contributed by atoms with Gasteiger partial charge in [-0.25, -0.2) is 10.4 Å². The molecule has 0 aliphatic rings. The van der Waals surface area contributed by atoms with E-state index >= 15 is 0 Å². The maximum absolute atomic E-state index is 12.6. The van der Waals surface area contributed by atoms with Crippen molar-refractivity contribution in [3.05, 3.63) is 124 Å². The lowest BCUT2D eigenvalue weighted by Gasteiger charge is -2.09. The van der Waals surface area contributed by atoms with E-state index in [2.05, 4.69) is 49.0 Å². The number of hydrogen-bond acceptors (Lipinski definition) is 7. The van der Waals surface area contributed by atoms with Gasteiger partial charge in [-0.3, -0.25) is 9.59 Å². The van der Waals surface area contributed by atoms with Crippen LogP contribution < -0.4 is 20.8 Å². The zero-order valence-electron chi connectivity index (χ0n) is 22.5. The van der Waals surface area contributed by atoms with Gasteiger partial charge in [-0.15, -0.1) is 11.3 Å². The highest BCUT2D eigenvalue weighted by molar-refractivity contribution is 9.10. The molecule has 2 amide bonds. The highest BCUT2D eigenvalue weighted by Gasteiger charge is 2.09. The van der Waals surface area contributed by atoms with Crippen molar-refractivity contribution < 1.29 is 14.3 Å². The van der Waals surface area contributed by atoms with E-state index in [0.29, 0.717) is 21.5 Å². The molecule has 1 heterocycles. The number of aromatic nitrogens is 1. The van der Waals surface area contributed by atoms with Crippen LogP contribution in [0.5, 0.6) is 5.75 Å². The molecule has 10 heteroatoms. The minimum Gasteiger partial charge on any atom is -0.483 e. The summed E-state index contributed by atoms with van der Waals surface area (Å²) in [4.78, 5) is 29.4. The standard InChI is InChI=1S/C32H26BrN5O3S/c1-21-7-14-26(15-8-21)36-32-37-28(20-42-32)23-10-12-24(13-11-23)31(40)38-34-18-22-9-16-29(27(33)17-22)41-19-30(39)35-25-5-3-2-4-6-25/h2-18,20H,19H2,1H3,(H,35,39)(H,36,37)(H,38,40)/b34-18+. The highest BCUT2D eigenvalue weighted by atomic mass is 79.9. The van der Waals surface area contributed by atoms with Crippen LogP contribution in [0.25, 0.3) is 11.3 Å². The molecule has 0 atom stereocenters. The maximum atomic E-state index is 12.6. The van der Waals surface area contributed by atoms with Crippen LogP contribution >= 0.6 is 27.3 Å². The Bertz CT molecular complexity index is 1700. The summed E-state index contributed by atoms with van der Waals surface area (Å²) in [6.45, 7) is 1.92. The summed E-state index contributed by atoms with van der Waals surface area (Å²) in [7, 11) is 0. The number of aryl methyl sites for hydroxylation is 1. The summed E-state index contributed by atoms with van der Waals surface area (Å²) in [6.07, 6.45) is 1.53. The Morgan fingerprint density at radius 3 is 2.45 bits per heavy atom. The van der Waals surface area contributed by atoms with Gasteiger partial charge in [-0.2, -0.15) is 5.10 Å². The molecule has 5 aromatic rings. The molecular formula is C32H26BrN5O3S. The average Bonchev–Trinajstić information content (AvgIpc) is 3.47. The SMILES string of the molecule is Cc1ccc(Nc2nc(-c3ccc(C(=O)N/N=C/c4ccc(OCC(=O)Nc5ccccc5)c(Br)c4)cc3)cs2)cc1. The molecule has 0 unspecified atom stereocenters. The molecule has 0 aliphatic heterocycles. The quantitative estimate of drug-likeness (QED) is 0.109. The van der Waals surface area contributed by atoms with Gasteiger partial charge in [0.25, 0.3) is 11.8 Å². The van der Waals surface area contributed by atoms with Crippen molar-refractivity contribution >= 4 is 61.8 Å². The minimum atomic E-state index is -0.332. The topological polar surface area (TPSA) is 105 Å². The van der Waals surface area contributed by atoms with Crippen LogP contribution in [0.3, 0.4) is 0 Å². The molecule has 1 aromatic heterocycles. The fourth-order valence-corrected chi connectivity index (χ4v) is 5.07. The van der Waals surface area contributed by atoms with Crippen molar-refractivity contribution in [2.24, 2.45) is 5.10 Å². The molecule has 42 heavy (non-hydrogen) atoms. The first-order valence-corrected chi connectivity index (χ1v) is 14.6. The average molecular weight is 641 g/mol. The van der Waals surface area contributed by atoms with E-state index in [1.54, 1.807) is 42.5 Å². The molecule has 3 N–H and O–H groups in total. The zero-order valence-corrected chi connectivity index (χ0v) is 24.9. The first kappa shape index (κ1) is 28.7. The molecule has 210 valence electrons. The van der Waals surface area contributed by atoms with Crippen molar-refractivity contribution in [3.63, 3.8) is 0 Å². The number of nitrogens with one attached hydrogen (secondary N) is 3. The van der Waals surface area contributed by atoms with E-state index in [4.69, 9.17) is 4.74 Å². The number of nitrogens with zero attached hydrogens (tertiary/aromatic N) is 2. The second kappa shape index (κ2) is 13.7. The molecule has 4 aromatic carbocycles. The van der Waals surface area contributed by atoms with E-state index in [1.807, 2.05) is 60.0 Å². The largest absolute Gasteiger partial charge is 0.483 e. The monoisotopic (exact) mass is 639 g/mol. The molecule has 0 spiro atoms. The van der Waals surface area contributed by atoms with Crippen LogP contribution in [0.1, 0.15) is 21.5 Å². The molecular weight excluding hydrogens is 614 g/mol. The Hall–Kier alpha value is -4.80. The van der Waals surface area contributed by atoms with Crippen molar-refractivity contribution in [2.75, 3.05) is 17.2 Å². The molecule has 5 rings (SSSR count). The van der Waals surface area contributed by atoms with Gasteiger partial charge in [-0.05, 0) is 83.0 Å². The zero-order chi connectivity index (χ0) is 29.3. The molecule has 0 aliphatic carbocycles. The molecule has 0 bridgehead atoms. The molecule has 0 saturated carbocycles. The third kappa shape index (κ3) is 7.90. The molecule has 0 saturated heterocycles. The lowest BCUT2D eigenvalue weighted by Crippen LogP contribution is -2.20. The Morgan fingerprint density at radius 2 is 1.71 bits per heavy atom. The lowest BCUT2D eigenvalue weighted by atomic mass is 10.1. The van der Waals surface area contributed by atoms with Crippen LogP contribution in [0, 0.1) is 6.92 Å². The summed E-state index contributed by atoms with van der Waals surface area (Å²) < 4.78 is 6.27. The second-order valence-electron chi connectivity index (χ2n) is 9.20. The predicted molar refractivity (Wildman–Crippen MR) is 172 cm³/mol. The van der Waals surface area contributed by atoms with Crippen LogP contribution in [0.15, 0.2) is 112 Å². The number of hydrogen-bond donors (Lipinski definition) is 3. The maximum Gasteiger partial charge on any atom is 0.271 e. The summed E-state index contributed by atoms with van der Waals surface area (Å²) in [5, 5.41) is 12.9. The summed E-state index contributed by atoms with van der Waals surface area (Å²) >= 11 is 4.97. The smallest absolute Gasteiger partial charge is 0.271 e. The predicted octanol–water partition coefficient (Wildman–Crippen LogP) is 7.41. The number of amides is 2. The van der Waals surface area contributed by atoms with E-state index in [-0.39, 0.29) is 18.4 Å².